The van der Waals surface area contributed by atoms with Crippen LogP contribution in [0, 0.1) is 13.8 Å². The smallest absolute Gasteiger partial charge is 0.270 e. The lowest BCUT2D eigenvalue weighted by Gasteiger charge is -2.14. The lowest BCUT2D eigenvalue weighted by atomic mass is 10.1. The first kappa shape index (κ1) is 13.5. The van der Waals surface area contributed by atoms with E-state index in [9.17, 15) is 4.79 Å². The van der Waals surface area contributed by atoms with Gasteiger partial charge in [0.25, 0.3) is 5.91 Å². The van der Waals surface area contributed by atoms with Gasteiger partial charge in [0.15, 0.2) is 0 Å². The number of carbonyl (C=O) groups is 1. The van der Waals surface area contributed by atoms with Crippen LogP contribution in [0.1, 0.15) is 27.4 Å². The third-order valence-electron chi connectivity index (χ3n) is 3.64. The predicted octanol–water partition coefficient (Wildman–Crippen LogP) is 3.65. The normalized spacial score (nSPS) is 11.0. The second-order valence-electron chi connectivity index (χ2n) is 5.47. The number of aromatic nitrogens is 1. The highest BCUT2D eigenvalue weighted by Gasteiger charge is 2.16. The van der Waals surface area contributed by atoms with Crippen LogP contribution in [0.5, 0.6) is 0 Å². The molecule has 0 unspecified atom stereocenters. The van der Waals surface area contributed by atoms with Gasteiger partial charge in [-0.1, -0.05) is 6.07 Å². The summed E-state index contributed by atoms with van der Waals surface area (Å²) in [5, 5.41) is 1.09. The van der Waals surface area contributed by atoms with E-state index >= 15 is 0 Å². The molecular formula is C17H18N2O2. The summed E-state index contributed by atoms with van der Waals surface area (Å²) in [4.78, 5) is 17.4. The Hall–Kier alpha value is -2.49. The molecule has 0 aliphatic carbocycles. The molecule has 0 bridgehead atoms. The van der Waals surface area contributed by atoms with Crippen molar-refractivity contribution in [2.75, 3.05) is 7.05 Å². The highest BCUT2D eigenvalue weighted by atomic mass is 16.3. The molecule has 2 heterocycles. The van der Waals surface area contributed by atoms with E-state index < -0.39 is 0 Å². The molecule has 0 aliphatic heterocycles. The van der Waals surface area contributed by atoms with Gasteiger partial charge in [-0.05, 0) is 49.2 Å². The number of carbonyl (C=O) groups excluding carboxylic acids is 1. The zero-order valence-electron chi connectivity index (χ0n) is 12.4. The number of nitrogens with one attached hydrogen (secondary N) is 1. The van der Waals surface area contributed by atoms with Crippen LogP contribution >= 0.6 is 0 Å². The monoisotopic (exact) mass is 282 g/mol. The maximum Gasteiger partial charge on any atom is 0.270 e. The van der Waals surface area contributed by atoms with Gasteiger partial charge < -0.3 is 14.3 Å². The number of fused-ring (bicyclic) bond motifs is 1. The number of hydrogen-bond acceptors (Lipinski definition) is 2. The summed E-state index contributed by atoms with van der Waals surface area (Å²) in [5.41, 5.74) is 3.97. The van der Waals surface area contributed by atoms with Crippen molar-refractivity contribution in [3.63, 3.8) is 0 Å². The Labute approximate surface area is 123 Å². The minimum Gasteiger partial charge on any atom is -0.467 e. The highest BCUT2D eigenvalue weighted by Crippen LogP contribution is 2.22. The van der Waals surface area contributed by atoms with Crippen molar-refractivity contribution in [1.82, 2.24) is 9.88 Å². The van der Waals surface area contributed by atoms with Crippen LogP contribution in [0.2, 0.25) is 0 Å². The van der Waals surface area contributed by atoms with E-state index in [0.29, 0.717) is 12.2 Å². The average Bonchev–Trinajstić information content (AvgIpc) is 3.06. The highest BCUT2D eigenvalue weighted by molar-refractivity contribution is 5.98. The predicted molar refractivity (Wildman–Crippen MR) is 82.3 cm³/mol. The average molecular weight is 282 g/mol. The topological polar surface area (TPSA) is 49.2 Å². The Kier molecular flexibility index (Phi) is 3.29. The minimum atomic E-state index is -0.0420. The molecule has 108 valence electrons. The molecule has 0 fully saturated rings. The van der Waals surface area contributed by atoms with E-state index in [1.54, 1.807) is 18.2 Å². The molecule has 0 saturated heterocycles. The minimum absolute atomic E-state index is 0.0420. The fourth-order valence-corrected chi connectivity index (χ4v) is 2.63. The Balaban J connectivity index is 1.89. The van der Waals surface area contributed by atoms with Crippen LogP contribution in [0.4, 0.5) is 0 Å². The fourth-order valence-electron chi connectivity index (χ4n) is 2.63. The quantitative estimate of drug-likeness (QED) is 0.797. The molecule has 3 rings (SSSR count). The second-order valence-corrected chi connectivity index (χ2v) is 5.47. The first-order chi connectivity index (χ1) is 10.0. The van der Waals surface area contributed by atoms with Gasteiger partial charge in [0.1, 0.15) is 11.5 Å². The van der Waals surface area contributed by atoms with Gasteiger partial charge >= 0.3 is 0 Å². The second kappa shape index (κ2) is 5.13. The summed E-state index contributed by atoms with van der Waals surface area (Å²) in [6.45, 7) is 4.57. The maximum absolute atomic E-state index is 12.5. The van der Waals surface area contributed by atoms with Gasteiger partial charge in [-0.3, -0.25) is 4.79 Å². The van der Waals surface area contributed by atoms with Crippen molar-refractivity contribution in [1.29, 1.82) is 0 Å². The Morgan fingerprint density at radius 1 is 1.29 bits per heavy atom. The molecule has 1 amide bonds. The number of nitrogens with zero attached hydrogens (tertiary/aromatic N) is 1. The molecular weight excluding hydrogens is 264 g/mol. The summed E-state index contributed by atoms with van der Waals surface area (Å²) in [6, 6.07) is 9.79. The van der Waals surface area contributed by atoms with Crippen LogP contribution in [0.3, 0.4) is 0 Å². The Bertz CT molecular complexity index is 785. The number of furan rings is 1. The van der Waals surface area contributed by atoms with E-state index in [-0.39, 0.29) is 5.91 Å². The van der Waals surface area contributed by atoms with Crippen LogP contribution in [-0.4, -0.2) is 22.8 Å². The zero-order valence-corrected chi connectivity index (χ0v) is 12.4. The number of amides is 1. The van der Waals surface area contributed by atoms with E-state index in [2.05, 4.69) is 31.0 Å². The number of rotatable bonds is 3. The van der Waals surface area contributed by atoms with Gasteiger partial charge in [0.2, 0.25) is 0 Å². The van der Waals surface area contributed by atoms with E-state index in [1.165, 1.54) is 11.1 Å². The van der Waals surface area contributed by atoms with Crippen molar-refractivity contribution >= 4 is 16.8 Å². The van der Waals surface area contributed by atoms with Crippen molar-refractivity contribution < 1.29 is 9.21 Å². The van der Waals surface area contributed by atoms with Gasteiger partial charge in [-0.25, -0.2) is 0 Å². The summed E-state index contributed by atoms with van der Waals surface area (Å²) in [7, 11) is 1.77. The van der Waals surface area contributed by atoms with Gasteiger partial charge in [-0.2, -0.15) is 0 Å². The molecule has 0 radical (unpaired) electrons. The first-order valence-corrected chi connectivity index (χ1v) is 6.92. The van der Waals surface area contributed by atoms with Crippen molar-refractivity contribution in [2.45, 2.75) is 20.4 Å². The molecule has 21 heavy (non-hydrogen) atoms. The fraction of sp³-hybridized carbons (Fsp3) is 0.235. The van der Waals surface area contributed by atoms with Gasteiger partial charge in [0.05, 0.1) is 12.8 Å². The SMILES string of the molecule is Cc1cc(C)c2cc(C(=O)N(C)Cc3ccco3)[nH]c2c1. The molecule has 0 spiro atoms. The third kappa shape index (κ3) is 2.57. The van der Waals surface area contributed by atoms with Crippen LogP contribution in [0.15, 0.2) is 41.0 Å². The molecule has 4 heteroatoms. The summed E-state index contributed by atoms with van der Waals surface area (Å²) < 4.78 is 5.28. The third-order valence-corrected chi connectivity index (χ3v) is 3.64. The van der Waals surface area contributed by atoms with E-state index in [1.807, 2.05) is 18.2 Å². The number of H-pyrrole nitrogens is 1. The number of hydrogen-bond donors (Lipinski definition) is 1. The molecule has 4 nitrogen and oxygen atoms in total. The largest absolute Gasteiger partial charge is 0.467 e. The first-order valence-electron chi connectivity index (χ1n) is 6.92. The summed E-state index contributed by atoms with van der Waals surface area (Å²) in [5.74, 6) is 0.730. The molecule has 0 saturated carbocycles. The molecule has 1 aromatic carbocycles. The zero-order chi connectivity index (χ0) is 15.0. The summed E-state index contributed by atoms with van der Waals surface area (Å²) in [6.07, 6.45) is 1.61. The molecule has 1 N–H and O–H groups in total. The van der Waals surface area contributed by atoms with Crippen LogP contribution in [-0.2, 0) is 6.54 Å². The lowest BCUT2D eigenvalue weighted by Crippen LogP contribution is -2.26. The van der Waals surface area contributed by atoms with Crippen molar-refractivity contribution in [3.8, 4) is 0 Å². The van der Waals surface area contributed by atoms with E-state index in [0.717, 1.165) is 16.7 Å². The Morgan fingerprint density at radius 3 is 2.81 bits per heavy atom. The number of aromatic amines is 1. The molecule has 2 aromatic heterocycles. The molecule has 0 aliphatic rings. The van der Waals surface area contributed by atoms with Crippen molar-refractivity contribution in [2.24, 2.45) is 0 Å². The number of benzene rings is 1. The Morgan fingerprint density at radius 2 is 2.10 bits per heavy atom. The summed E-state index contributed by atoms with van der Waals surface area (Å²) >= 11 is 0. The van der Waals surface area contributed by atoms with Crippen molar-refractivity contribution in [3.05, 3.63) is 59.2 Å². The van der Waals surface area contributed by atoms with Gasteiger partial charge in [0, 0.05) is 18.0 Å². The lowest BCUT2D eigenvalue weighted by molar-refractivity contribution is 0.0770. The van der Waals surface area contributed by atoms with Crippen LogP contribution in [0.25, 0.3) is 10.9 Å². The molecule has 3 aromatic rings. The van der Waals surface area contributed by atoms with Crippen LogP contribution < -0.4 is 0 Å². The molecule has 0 atom stereocenters. The standard InChI is InChI=1S/C17H18N2O2/c1-11-7-12(2)14-9-16(18-15(14)8-11)17(20)19(3)10-13-5-4-6-21-13/h4-9,18H,10H2,1-3H3. The van der Waals surface area contributed by atoms with E-state index in [4.69, 9.17) is 4.42 Å². The maximum atomic E-state index is 12.5. The number of aryl methyl sites for hydroxylation is 2. The van der Waals surface area contributed by atoms with Gasteiger partial charge in [-0.15, -0.1) is 0 Å².